The Hall–Kier alpha value is -0.870. The number of aromatic nitrogens is 2. The largest absolute Gasteiger partial charge is 0.326 e. The minimum Gasteiger partial charge on any atom is -0.326 e. The van der Waals surface area contributed by atoms with Gasteiger partial charge in [-0.3, -0.25) is 9.58 Å². The van der Waals surface area contributed by atoms with Crippen molar-refractivity contribution in [2.45, 2.75) is 65.1 Å². The summed E-state index contributed by atoms with van der Waals surface area (Å²) in [6.45, 7) is 12.0. The highest BCUT2D eigenvalue weighted by Crippen LogP contribution is 2.25. The van der Waals surface area contributed by atoms with E-state index in [0.29, 0.717) is 0 Å². The molecular weight excluding hydrogens is 236 g/mol. The molecule has 1 saturated heterocycles. The van der Waals surface area contributed by atoms with Gasteiger partial charge in [-0.15, -0.1) is 0 Å². The number of likely N-dealkylation sites (tertiary alicyclic amines) is 1. The molecule has 0 spiro atoms. The van der Waals surface area contributed by atoms with E-state index in [2.05, 4.69) is 41.5 Å². The van der Waals surface area contributed by atoms with Crippen molar-refractivity contribution in [1.29, 1.82) is 0 Å². The monoisotopic (exact) mass is 264 g/mol. The highest BCUT2D eigenvalue weighted by Gasteiger charge is 2.35. The molecule has 0 saturated carbocycles. The fourth-order valence-corrected chi connectivity index (χ4v) is 3.04. The lowest BCUT2D eigenvalue weighted by Gasteiger charge is -2.40. The normalized spacial score (nSPS) is 19.0. The first-order valence-corrected chi connectivity index (χ1v) is 7.49. The molecule has 0 amide bonds. The van der Waals surface area contributed by atoms with Crippen molar-refractivity contribution in [2.24, 2.45) is 5.73 Å². The molecule has 1 fully saturated rings. The third-order valence-corrected chi connectivity index (χ3v) is 4.54. The summed E-state index contributed by atoms with van der Waals surface area (Å²) >= 11 is 0. The van der Waals surface area contributed by atoms with Crippen LogP contribution in [0, 0.1) is 6.92 Å². The summed E-state index contributed by atoms with van der Waals surface area (Å²) in [5.41, 5.74) is 8.93. The van der Waals surface area contributed by atoms with Crippen molar-refractivity contribution in [3.8, 4) is 0 Å². The first kappa shape index (κ1) is 14.5. The van der Waals surface area contributed by atoms with E-state index in [-0.39, 0.29) is 11.6 Å². The second-order valence-corrected chi connectivity index (χ2v) is 6.25. The molecular formula is C15H28N4. The van der Waals surface area contributed by atoms with Crippen LogP contribution in [0.1, 0.15) is 45.0 Å². The molecule has 2 heterocycles. The number of hydrogen-bond donors (Lipinski definition) is 1. The van der Waals surface area contributed by atoms with Gasteiger partial charge >= 0.3 is 0 Å². The van der Waals surface area contributed by atoms with Crippen LogP contribution in [0.4, 0.5) is 0 Å². The zero-order chi connectivity index (χ0) is 14.0. The Morgan fingerprint density at radius 1 is 1.37 bits per heavy atom. The van der Waals surface area contributed by atoms with Gasteiger partial charge in [0.25, 0.3) is 0 Å². The van der Waals surface area contributed by atoms with Crippen LogP contribution in [0.25, 0.3) is 0 Å². The summed E-state index contributed by atoms with van der Waals surface area (Å²) in [6, 6.07) is 2.32. The molecule has 1 aromatic rings. The standard InChI is InChI=1S/C15H28N4/c1-5-19-13(10-12(2)17-19)11-14(16)15(3,4)18-8-6-7-9-18/h10,14H,5-9,11,16H2,1-4H3. The summed E-state index contributed by atoms with van der Waals surface area (Å²) < 4.78 is 2.08. The highest BCUT2D eigenvalue weighted by atomic mass is 15.3. The fraction of sp³-hybridized carbons (Fsp3) is 0.800. The van der Waals surface area contributed by atoms with Gasteiger partial charge in [0.15, 0.2) is 0 Å². The Labute approximate surface area is 117 Å². The third-order valence-electron chi connectivity index (χ3n) is 4.54. The summed E-state index contributed by atoms with van der Waals surface area (Å²) in [7, 11) is 0. The molecule has 19 heavy (non-hydrogen) atoms. The first-order valence-electron chi connectivity index (χ1n) is 7.49. The smallest absolute Gasteiger partial charge is 0.0596 e. The number of nitrogens with zero attached hydrogens (tertiary/aromatic N) is 3. The van der Waals surface area contributed by atoms with Crippen molar-refractivity contribution < 1.29 is 0 Å². The van der Waals surface area contributed by atoms with E-state index in [1.54, 1.807) is 0 Å². The molecule has 0 radical (unpaired) electrons. The summed E-state index contributed by atoms with van der Waals surface area (Å²) in [5.74, 6) is 0. The van der Waals surface area contributed by atoms with Crippen molar-refractivity contribution in [3.63, 3.8) is 0 Å². The quantitative estimate of drug-likeness (QED) is 0.884. The van der Waals surface area contributed by atoms with Gasteiger partial charge < -0.3 is 5.73 Å². The maximum absolute atomic E-state index is 6.51. The Bertz CT molecular complexity index is 416. The molecule has 0 aromatic carbocycles. The molecule has 0 aliphatic carbocycles. The molecule has 4 nitrogen and oxygen atoms in total. The van der Waals surface area contributed by atoms with Gasteiger partial charge in [0.2, 0.25) is 0 Å². The predicted octanol–water partition coefficient (Wildman–Crippen LogP) is 1.96. The highest BCUT2D eigenvalue weighted by molar-refractivity contribution is 5.12. The molecule has 4 heteroatoms. The van der Waals surface area contributed by atoms with E-state index < -0.39 is 0 Å². The van der Waals surface area contributed by atoms with Crippen LogP contribution in [-0.2, 0) is 13.0 Å². The van der Waals surface area contributed by atoms with E-state index in [9.17, 15) is 0 Å². The zero-order valence-corrected chi connectivity index (χ0v) is 12.8. The fourth-order valence-electron chi connectivity index (χ4n) is 3.04. The predicted molar refractivity (Wildman–Crippen MR) is 79.2 cm³/mol. The van der Waals surface area contributed by atoms with E-state index in [1.807, 2.05) is 6.92 Å². The van der Waals surface area contributed by atoms with Gasteiger partial charge in [0.05, 0.1) is 5.69 Å². The van der Waals surface area contributed by atoms with E-state index in [1.165, 1.54) is 31.6 Å². The Kier molecular flexibility index (Phi) is 4.31. The lowest BCUT2D eigenvalue weighted by Crippen LogP contribution is -2.56. The van der Waals surface area contributed by atoms with Crippen molar-refractivity contribution in [2.75, 3.05) is 13.1 Å². The second kappa shape index (κ2) is 5.63. The third kappa shape index (κ3) is 3.00. The van der Waals surface area contributed by atoms with Crippen molar-refractivity contribution in [3.05, 3.63) is 17.5 Å². The number of rotatable bonds is 5. The summed E-state index contributed by atoms with van der Waals surface area (Å²) in [4.78, 5) is 2.54. The minimum absolute atomic E-state index is 0.0627. The molecule has 2 N–H and O–H groups in total. The molecule has 1 unspecified atom stereocenters. The lowest BCUT2D eigenvalue weighted by molar-refractivity contribution is 0.122. The Morgan fingerprint density at radius 2 is 2.00 bits per heavy atom. The van der Waals surface area contributed by atoms with Crippen LogP contribution >= 0.6 is 0 Å². The van der Waals surface area contributed by atoms with Gasteiger partial charge in [0, 0.05) is 30.2 Å². The average molecular weight is 264 g/mol. The lowest BCUT2D eigenvalue weighted by atomic mass is 9.90. The van der Waals surface area contributed by atoms with Gasteiger partial charge in [-0.25, -0.2) is 0 Å². The second-order valence-electron chi connectivity index (χ2n) is 6.25. The Morgan fingerprint density at radius 3 is 2.58 bits per heavy atom. The van der Waals surface area contributed by atoms with Gasteiger partial charge in [-0.1, -0.05) is 0 Å². The van der Waals surface area contributed by atoms with Crippen LogP contribution in [0.3, 0.4) is 0 Å². The topological polar surface area (TPSA) is 47.1 Å². The summed E-state index contributed by atoms with van der Waals surface area (Å²) in [5, 5.41) is 4.51. The molecule has 1 aliphatic rings. The molecule has 108 valence electrons. The molecule has 0 bridgehead atoms. The van der Waals surface area contributed by atoms with Gasteiger partial charge in [-0.05, 0) is 59.7 Å². The van der Waals surface area contributed by atoms with Crippen molar-refractivity contribution >= 4 is 0 Å². The van der Waals surface area contributed by atoms with Crippen LogP contribution in [0.15, 0.2) is 6.07 Å². The molecule has 1 atom stereocenters. The first-order chi connectivity index (χ1) is 8.95. The van der Waals surface area contributed by atoms with Crippen LogP contribution in [-0.4, -0.2) is 39.4 Å². The maximum atomic E-state index is 6.51. The van der Waals surface area contributed by atoms with Crippen LogP contribution in [0.5, 0.6) is 0 Å². The maximum Gasteiger partial charge on any atom is 0.0596 e. The number of nitrogens with two attached hydrogens (primary N) is 1. The van der Waals surface area contributed by atoms with Crippen LogP contribution < -0.4 is 5.73 Å². The summed E-state index contributed by atoms with van der Waals surface area (Å²) in [6.07, 6.45) is 3.52. The average Bonchev–Trinajstić information content (AvgIpc) is 2.98. The molecule has 1 aliphatic heterocycles. The molecule has 2 rings (SSSR count). The number of aryl methyl sites for hydroxylation is 2. The Balaban J connectivity index is 2.08. The van der Waals surface area contributed by atoms with E-state index >= 15 is 0 Å². The van der Waals surface area contributed by atoms with Gasteiger partial charge in [0.1, 0.15) is 0 Å². The zero-order valence-electron chi connectivity index (χ0n) is 12.8. The van der Waals surface area contributed by atoms with Crippen LogP contribution in [0.2, 0.25) is 0 Å². The number of hydrogen-bond acceptors (Lipinski definition) is 3. The molecule has 1 aromatic heterocycles. The van der Waals surface area contributed by atoms with Crippen molar-refractivity contribution in [1.82, 2.24) is 14.7 Å². The van der Waals surface area contributed by atoms with E-state index in [4.69, 9.17) is 5.73 Å². The van der Waals surface area contributed by atoms with Gasteiger partial charge in [-0.2, -0.15) is 5.10 Å². The van der Waals surface area contributed by atoms with E-state index in [0.717, 1.165) is 18.7 Å². The minimum atomic E-state index is 0.0627. The SMILES string of the molecule is CCn1nc(C)cc1CC(N)C(C)(C)N1CCCC1.